The van der Waals surface area contributed by atoms with Crippen LogP contribution in [0.2, 0.25) is 0 Å². The lowest BCUT2D eigenvalue weighted by Gasteiger charge is -2.24. The number of nitrogens with zero attached hydrogens (tertiary/aromatic N) is 2. The van der Waals surface area contributed by atoms with Crippen LogP contribution in [0.25, 0.3) is 0 Å². The van der Waals surface area contributed by atoms with E-state index < -0.39 is 17.1 Å². The van der Waals surface area contributed by atoms with E-state index in [-0.39, 0.29) is 23.6 Å². The number of benzene rings is 1. The van der Waals surface area contributed by atoms with Gasteiger partial charge < -0.3 is 15.1 Å². The van der Waals surface area contributed by atoms with Crippen LogP contribution in [0.1, 0.15) is 23.4 Å². The van der Waals surface area contributed by atoms with Gasteiger partial charge in [0.05, 0.1) is 10.8 Å². The Morgan fingerprint density at radius 2 is 1.88 bits per heavy atom. The van der Waals surface area contributed by atoms with Gasteiger partial charge in [-0.15, -0.1) is 11.8 Å². The van der Waals surface area contributed by atoms with Gasteiger partial charge in [-0.3, -0.25) is 9.59 Å². The monoisotopic (exact) mass is 389 g/mol. The molecular weight excluding hydrogens is 367 g/mol. The minimum atomic E-state index is -4.41. The number of hydrogen-bond donors (Lipinski definition) is 1. The summed E-state index contributed by atoms with van der Waals surface area (Å²) in [5.41, 5.74) is -0.168. The SMILES string of the molecule is C[C@H]1S[C@H](c2ccc(C(F)(F)F)cc2)N(CC(=O)NCCN(C)C)C1=O. The van der Waals surface area contributed by atoms with Crippen LogP contribution in [0.4, 0.5) is 13.2 Å². The van der Waals surface area contributed by atoms with Crippen molar-refractivity contribution in [2.45, 2.75) is 23.7 Å². The molecule has 26 heavy (non-hydrogen) atoms. The van der Waals surface area contributed by atoms with E-state index in [1.165, 1.54) is 28.8 Å². The summed E-state index contributed by atoms with van der Waals surface area (Å²) in [5, 5.41) is 1.92. The number of carbonyl (C=O) groups is 2. The van der Waals surface area contributed by atoms with Gasteiger partial charge in [0.1, 0.15) is 11.9 Å². The van der Waals surface area contributed by atoms with E-state index in [0.717, 1.165) is 12.1 Å². The van der Waals surface area contributed by atoms with Crippen LogP contribution in [-0.4, -0.2) is 60.6 Å². The predicted molar refractivity (Wildman–Crippen MR) is 94.5 cm³/mol. The van der Waals surface area contributed by atoms with Crippen molar-refractivity contribution >= 4 is 23.6 Å². The van der Waals surface area contributed by atoms with E-state index in [1.807, 2.05) is 19.0 Å². The minimum absolute atomic E-state index is 0.116. The highest BCUT2D eigenvalue weighted by atomic mass is 32.2. The second-order valence-corrected chi connectivity index (χ2v) is 7.80. The molecule has 0 aliphatic carbocycles. The summed E-state index contributed by atoms with van der Waals surface area (Å²) in [6, 6.07) is 4.73. The van der Waals surface area contributed by atoms with E-state index in [0.29, 0.717) is 18.7 Å². The Morgan fingerprint density at radius 1 is 1.27 bits per heavy atom. The molecule has 0 bridgehead atoms. The van der Waals surface area contributed by atoms with E-state index >= 15 is 0 Å². The molecule has 1 aliphatic heterocycles. The van der Waals surface area contributed by atoms with Crippen LogP contribution in [0.15, 0.2) is 24.3 Å². The zero-order chi connectivity index (χ0) is 19.5. The summed E-state index contributed by atoms with van der Waals surface area (Å²) in [6.45, 7) is 2.75. The average molecular weight is 389 g/mol. The molecule has 1 saturated heterocycles. The van der Waals surface area contributed by atoms with Crippen molar-refractivity contribution < 1.29 is 22.8 Å². The number of halogens is 3. The van der Waals surface area contributed by atoms with Gasteiger partial charge in [-0.2, -0.15) is 13.2 Å². The van der Waals surface area contributed by atoms with Crippen molar-refractivity contribution in [1.29, 1.82) is 0 Å². The lowest BCUT2D eigenvalue weighted by molar-refractivity contribution is -0.137. The number of nitrogens with one attached hydrogen (secondary N) is 1. The van der Waals surface area contributed by atoms with Crippen LogP contribution in [0, 0.1) is 0 Å². The maximum Gasteiger partial charge on any atom is 0.416 e. The molecule has 1 heterocycles. The van der Waals surface area contributed by atoms with Crippen molar-refractivity contribution in [3.8, 4) is 0 Å². The van der Waals surface area contributed by atoms with Crippen molar-refractivity contribution in [2.24, 2.45) is 0 Å². The first kappa shape index (κ1) is 20.6. The number of amides is 2. The van der Waals surface area contributed by atoms with Crippen LogP contribution >= 0.6 is 11.8 Å². The largest absolute Gasteiger partial charge is 0.416 e. The third-order valence-electron chi connectivity index (χ3n) is 3.97. The molecule has 5 nitrogen and oxygen atoms in total. The van der Waals surface area contributed by atoms with E-state index in [4.69, 9.17) is 0 Å². The molecule has 1 aromatic rings. The number of alkyl halides is 3. The molecule has 1 aromatic carbocycles. The summed E-state index contributed by atoms with van der Waals surface area (Å²) in [5.74, 6) is -0.477. The predicted octanol–water partition coefficient (Wildman–Crippen LogP) is 2.35. The Morgan fingerprint density at radius 3 is 2.42 bits per heavy atom. The molecule has 0 spiro atoms. The Labute approximate surface area is 154 Å². The lowest BCUT2D eigenvalue weighted by Crippen LogP contribution is -2.41. The van der Waals surface area contributed by atoms with Crippen LogP contribution in [-0.2, 0) is 15.8 Å². The number of hydrogen-bond acceptors (Lipinski definition) is 4. The zero-order valence-electron chi connectivity index (χ0n) is 14.8. The number of rotatable bonds is 6. The Hall–Kier alpha value is -1.74. The molecule has 144 valence electrons. The molecule has 1 fully saturated rings. The fourth-order valence-corrected chi connectivity index (χ4v) is 3.84. The molecule has 2 rings (SSSR count). The minimum Gasteiger partial charge on any atom is -0.353 e. The second-order valence-electron chi connectivity index (χ2n) is 6.37. The fraction of sp³-hybridized carbons (Fsp3) is 0.529. The molecule has 1 aliphatic rings. The Kier molecular flexibility index (Phi) is 6.57. The maximum absolute atomic E-state index is 12.7. The number of carbonyl (C=O) groups excluding carboxylic acids is 2. The van der Waals surface area contributed by atoms with Gasteiger partial charge in [0.15, 0.2) is 0 Å². The zero-order valence-corrected chi connectivity index (χ0v) is 15.7. The molecule has 9 heteroatoms. The molecule has 1 N–H and O–H groups in total. The molecule has 2 atom stereocenters. The maximum atomic E-state index is 12.7. The van der Waals surface area contributed by atoms with Crippen molar-refractivity contribution in [3.05, 3.63) is 35.4 Å². The third-order valence-corrected chi connectivity index (χ3v) is 5.36. The fourth-order valence-electron chi connectivity index (χ4n) is 2.56. The first-order valence-corrected chi connectivity index (χ1v) is 9.08. The number of likely N-dealkylation sites (N-methyl/N-ethyl adjacent to an activating group) is 1. The highest BCUT2D eigenvalue weighted by Crippen LogP contribution is 2.43. The van der Waals surface area contributed by atoms with Crippen LogP contribution in [0.5, 0.6) is 0 Å². The second kappa shape index (κ2) is 8.30. The van der Waals surface area contributed by atoms with Crippen LogP contribution in [0.3, 0.4) is 0 Å². The summed E-state index contributed by atoms with van der Waals surface area (Å²) in [6.07, 6.45) is -4.41. The Bertz CT molecular complexity index is 650. The Balaban J connectivity index is 2.08. The van der Waals surface area contributed by atoms with Gasteiger partial charge in [-0.05, 0) is 38.7 Å². The topological polar surface area (TPSA) is 52.7 Å². The van der Waals surface area contributed by atoms with Gasteiger partial charge in [-0.1, -0.05) is 12.1 Å². The normalized spacial score (nSPS) is 20.7. The molecular formula is C17H22F3N3O2S. The van der Waals surface area contributed by atoms with E-state index in [1.54, 1.807) is 6.92 Å². The summed E-state index contributed by atoms with van der Waals surface area (Å²) in [7, 11) is 3.77. The summed E-state index contributed by atoms with van der Waals surface area (Å²) < 4.78 is 38.2. The summed E-state index contributed by atoms with van der Waals surface area (Å²) >= 11 is 1.33. The van der Waals surface area contributed by atoms with Crippen molar-refractivity contribution in [1.82, 2.24) is 15.1 Å². The van der Waals surface area contributed by atoms with E-state index in [2.05, 4.69) is 5.32 Å². The molecule has 0 aromatic heterocycles. The standard InChI is InChI=1S/C17H22F3N3O2S/c1-11-15(25)23(10-14(24)21-8-9-22(2)3)16(26-11)12-4-6-13(7-5-12)17(18,19)20/h4-7,11,16H,8-10H2,1-3H3,(H,21,24)/t11-,16-/m1/s1. The highest BCUT2D eigenvalue weighted by molar-refractivity contribution is 8.01. The molecule has 0 radical (unpaired) electrons. The molecule has 0 unspecified atom stereocenters. The highest BCUT2D eigenvalue weighted by Gasteiger charge is 2.39. The van der Waals surface area contributed by atoms with Crippen LogP contribution < -0.4 is 5.32 Å². The summed E-state index contributed by atoms with van der Waals surface area (Å²) in [4.78, 5) is 27.8. The van der Waals surface area contributed by atoms with E-state index in [9.17, 15) is 22.8 Å². The van der Waals surface area contributed by atoms with Crippen molar-refractivity contribution in [2.75, 3.05) is 33.7 Å². The van der Waals surface area contributed by atoms with Gasteiger partial charge in [0.2, 0.25) is 11.8 Å². The third kappa shape index (κ3) is 5.14. The van der Waals surface area contributed by atoms with Gasteiger partial charge in [0, 0.05) is 13.1 Å². The first-order valence-electron chi connectivity index (χ1n) is 8.14. The molecule has 0 saturated carbocycles. The lowest BCUT2D eigenvalue weighted by atomic mass is 10.1. The van der Waals surface area contributed by atoms with Gasteiger partial charge in [0.25, 0.3) is 0 Å². The number of thioether (sulfide) groups is 1. The van der Waals surface area contributed by atoms with Gasteiger partial charge >= 0.3 is 6.18 Å². The smallest absolute Gasteiger partial charge is 0.353 e. The quantitative estimate of drug-likeness (QED) is 0.812. The van der Waals surface area contributed by atoms with Gasteiger partial charge in [-0.25, -0.2) is 0 Å². The van der Waals surface area contributed by atoms with Crippen molar-refractivity contribution in [3.63, 3.8) is 0 Å². The molecule has 2 amide bonds. The first-order chi connectivity index (χ1) is 12.1. The average Bonchev–Trinajstić information content (AvgIpc) is 2.82.